The van der Waals surface area contributed by atoms with E-state index in [-0.39, 0.29) is 5.75 Å². The molecule has 2 N–H and O–H groups in total. The summed E-state index contributed by atoms with van der Waals surface area (Å²) in [4.78, 5) is 0. The smallest absolute Gasteiger partial charge is 0.150 e. The van der Waals surface area contributed by atoms with E-state index in [2.05, 4.69) is 6.92 Å². The first kappa shape index (κ1) is 13.3. The van der Waals surface area contributed by atoms with Gasteiger partial charge in [-0.05, 0) is 13.0 Å². The molecule has 0 radical (unpaired) electrons. The van der Waals surface area contributed by atoms with Crippen molar-refractivity contribution >= 4 is 21.6 Å². The first-order chi connectivity index (χ1) is 6.02. The van der Waals surface area contributed by atoms with Gasteiger partial charge in [0.25, 0.3) is 0 Å². The molecule has 0 heterocycles. The summed E-state index contributed by atoms with van der Waals surface area (Å²) in [7, 11) is -2.78. The van der Waals surface area contributed by atoms with Gasteiger partial charge in [-0.1, -0.05) is 13.8 Å². The lowest BCUT2D eigenvalue weighted by molar-refractivity contribution is 0.598. The molecule has 0 saturated carbocycles. The van der Waals surface area contributed by atoms with E-state index in [0.29, 0.717) is 23.3 Å². The molecule has 0 aliphatic carbocycles. The molecular weight excluding hydrogens is 206 g/mol. The highest BCUT2D eigenvalue weighted by atomic mass is 32.2. The Morgan fingerprint density at radius 3 is 2.54 bits per heavy atom. The summed E-state index contributed by atoms with van der Waals surface area (Å²) in [5.74, 6) is 1.24. The van der Waals surface area contributed by atoms with E-state index in [1.807, 2.05) is 0 Å². The molecule has 13 heavy (non-hydrogen) atoms. The molecule has 0 saturated heterocycles. The van der Waals surface area contributed by atoms with E-state index < -0.39 is 9.84 Å². The predicted molar refractivity (Wildman–Crippen MR) is 59.9 cm³/mol. The number of thioether (sulfide) groups is 1. The molecule has 0 aromatic rings. The zero-order chi connectivity index (χ0) is 10.3. The second-order valence-electron chi connectivity index (χ2n) is 3.00. The first-order valence-electron chi connectivity index (χ1n) is 4.54. The summed E-state index contributed by atoms with van der Waals surface area (Å²) in [6, 6.07) is 0. The second kappa shape index (κ2) is 6.68. The highest BCUT2D eigenvalue weighted by molar-refractivity contribution is 8.01. The van der Waals surface area contributed by atoms with Crippen molar-refractivity contribution in [3.05, 3.63) is 0 Å². The van der Waals surface area contributed by atoms with Crippen molar-refractivity contribution in [1.29, 1.82) is 0 Å². The SMILES string of the molecule is CCS(=O)(=O)CCSC(C)CCN. The summed E-state index contributed by atoms with van der Waals surface area (Å²) in [5.41, 5.74) is 5.38. The molecule has 0 bridgehead atoms. The third kappa shape index (κ3) is 7.34. The number of hydrogen-bond donors (Lipinski definition) is 1. The van der Waals surface area contributed by atoms with Crippen molar-refractivity contribution in [2.75, 3.05) is 23.8 Å². The molecule has 0 rings (SSSR count). The Morgan fingerprint density at radius 1 is 1.46 bits per heavy atom. The van der Waals surface area contributed by atoms with Crippen LogP contribution in [-0.4, -0.2) is 37.5 Å². The van der Waals surface area contributed by atoms with Gasteiger partial charge in [-0.3, -0.25) is 0 Å². The Hall–Kier alpha value is 0.260. The minimum Gasteiger partial charge on any atom is -0.330 e. The van der Waals surface area contributed by atoms with Crippen LogP contribution in [0.15, 0.2) is 0 Å². The maximum Gasteiger partial charge on any atom is 0.150 e. The lowest BCUT2D eigenvalue weighted by Gasteiger charge is -2.08. The standard InChI is InChI=1S/C8H19NO2S2/c1-3-13(10,11)7-6-12-8(2)4-5-9/h8H,3-7,9H2,1-2H3. The molecule has 0 aliphatic rings. The van der Waals surface area contributed by atoms with E-state index in [1.165, 1.54) is 0 Å². The van der Waals surface area contributed by atoms with Crippen LogP contribution in [0.1, 0.15) is 20.3 Å². The fourth-order valence-electron chi connectivity index (χ4n) is 0.839. The molecule has 0 amide bonds. The Kier molecular flexibility index (Phi) is 6.81. The zero-order valence-electron chi connectivity index (χ0n) is 8.32. The van der Waals surface area contributed by atoms with E-state index in [4.69, 9.17) is 5.73 Å². The molecule has 1 atom stereocenters. The van der Waals surface area contributed by atoms with Crippen LogP contribution >= 0.6 is 11.8 Å². The van der Waals surface area contributed by atoms with Gasteiger partial charge in [-0.2, -0.15) is 11.8 Å². The van der Waals surface area contributed by atoms with E-state index >= 15 is 0 Å². The van der Waals surface area contributed by atoms with E-state index in [1.54, 1.807) is 18.7 Å². The summed E-state index contributed by atoms with van der Waals surface area (Å²) >= 11 is 1.68. The lowest BCUT2D eigenvalue weighted by atomic mass is 10.3. The molecule has 0 aromatic heterocycles. The number of rotatable bonds is 7. The van der Waals surface area contributed by atoms with E-state index in [9.17, 15) is 8.42 Å². The highest BCUT2D eigenvalue weighted by Crippen LogP contribution is 2.13. The van der Waals surface area contributed by atoms with Crippen LogP contribution < -0.4 is 5.73 Å². The van der Waals surface area contributed by atoms with Crippen molar-refractivity contribution in [2.24, 2.45) is 5.73 Å². The molecule has 1 unspecified atom stereocenters. The summed E-state index contributed by atoms with van der Waals surface area (Å²) in [6.07, 6.45) is 0.955. The maximum absolute atomic E-state index is 11.1. The molecule has 0 aliphatic heterocycles. The monoisotopic (exact) mass is 225 g/mol. The molecule has 0 aromatic carbocycles. The Balaban J connectivity index is 3.56. The molecule has 5 heteroatoms. The third-order valence-corrected chi connectivity index (χ3v) is 5.02. The normalized spacial score (nSPS) is 14.4. The van der Waals surface area contributed by atoms with Crippen LogP contribution in [0.4, 0.5) is 0 Å². The Bertz CT molecular complexity index is 214. The lowest BCUT2D eigenvalue weighted by Crippen LogP contribution is -2.13. The maximum atomic E-state index is 11.1. The third-order valence-electron chi connectivity index (χ3n) is 1.81. The van der Waals surface area contributed by atoms with Gasteiger partial charge >= 0.3 is 0 Å². The van der Waals surface area contributed by atoms with Gasteiger partial charge in [0.1, 0.15) is 0 Å². The van der Waals surface area contributed by atoms with Crippen molar-refractivity contribution in [3.63, 3.8) is 0 Å². The molecule has 3 nitrogen and oxygen atoms in total. The summed E-state index contributed by atoms with van der Waals surface area (Å²) < 4.78 is 22.2. The van der Waals surface area contributed by atoms with Crippen molar-refractivity contribution in [3.8, 4) is 0 Å². The van der Waals surface area contributed by atoms with Crippen LogP contribution in [-0.2, 0) is 9.84 Å². The first-order valence-corrected chi connectivity index (χ1v) is 7.41. The van der Waals surface area contributed by atoms with Gasteiger partial charge in [-0.15, -0.1) is 0 Å². The van der Waals surface area contributed by atoms with Crippen LogP contribution in [0.3, 0.4) is 0 Å². The minimum absolute atomic E-state index is 0.249. The highest BCUT2D eigenvalue weighted by Gasteiger charge is 2.08. The number of hydrogen-bond acceptors (Lipinski definition) is 4. The Morgan fingerprint density at radius 2 is 2.08 bits per heavy atom. The fraction of sp³-hybridized carbons (Fsp3) is 1.00. The average Bonchev–Trinajstić information content (AvgIpc) is 2.05. The van der Waals surface area contributed by atoms with Gasteiger partial charge in [0.2, 0.25) is 0 Å². The van der Waals surface area contributed by atoms with Gasteiger partial charge < -0.3 is 5.73 Å². The number of nitrogens with two attached hydrogens (primary N) is 1. The van der Waals surface area contributed by atoms with E-state index in [0.717, 1.165) is 6.42 Å². The predicted octanol–water partition coefficient (Wildman–Crippen LogP) is 0.892. The largest absolute Gasteiger partial charge is 0.330 e. The summed E-state index contributed by atoms with van der Waals surface area (Å²) in [6.45, 7) is 4.44. The van der Waals surface area contributed by atoms with Crippen LogP contribution in [0.2, 0.25) is 0 Å². The van der Waals surface area contributed by atoms with Gasteiger partial charge in [0, 0.05) is 16.8 Å². The minimum atomic E-state index is -2.78. The van der Waals surface area contributed by atoms with Gasteiger partial charge in [-0.25, -0.2) is 8.42 Å². The molecular formula is C8H19NO2S2. The van der Waals surface area contributed by atoms with Crippen molar-refractivity contribution in [2.45, 2.75) is 25.5 Å². The molecule has 80 valence electrons. The molecule has 0 fully saturated rings. The van der Waals surface area contributed by atoms with Crippen molar-refractivity contribution < 1.29 is 8.42 Å². The topological polar surface area (TPSA) is 60.2 Å². The van der Waals surface area contributed by atoms with Gasteiger partial charge in [0.15, 0.2) is 9.84 Å². The quantitative estimate of drug-likeness (QED) is 0.699. The summed E-state index contributed by atoms with van der Waals surface area (Å²) in [5, 5.41) is 0.469. The Labute approximate surface area is 85.4 Å². The second-order valence-corrected chi connectivity index (χ2v) is 7.01. The average molecular weight is 225 g/mol. The number of sulfone groups is 1. The van der Waals surface area contributed by atoms with Crippen LogP contribution in [0.5, 0.6) is 0 Å². The van der Waals surface area contributed by atoms with Gasteiger partial charge in [0.05, 0.1) is 5.75 Å². The molecule has 0 spiro atoms. The zero-order valence-corrected chi connectivity index (χ0v) is 9.96. The van der Waals surface area contributed by atoms with Crippen LogP contribution in [0.25, 0.3) is 0 Å². The fourth-order valence-corrected chi connectivity index (χ4v) is 3.23. The van der Waals surface area contributed by atoms with Crippen molar-refractivity contribution in [1.82, 2.24) is 0 Å². The van der Waals surface area contributed by atoms with Crippen LogP contribution in [0, 0.1) is 0 Å².